The summed E-state index contributed by atoms with van der Waals surface area (Å²) in [4.78, 5) is 14.2. The lowest BCUT2D eigenvalue weighted by Crippen LogP contribution is -1.95. The van der Waals surface area contributed by atoms with Crippen LogP contribution in [0.3, 0.4) is 0 Å². The van der Waals surface area contributed by atoms with Crippen molar-refractivity contribution in [1.29, 1.82) is 0 Å². The summed E-state index contributed by atoms with van der Waals surface area (Å²) in [6.07, 6.45) is 1.19. The molecule has 0 aliphatic carbocycles. The van der Waals surface area contributed by atoms with Crippen LogP contribution in [0.15, 0.2) is 42.6 Å². The first-order valence-corrected chi connectivity index (χ1v) is 4.96. The first kappa shape index (κ1) is 11.1. The van der Waals surface area contributed by atoms with Crippen molar-refractivity contribution in [2.24, 2.45) is 0 Å². The molecule has 0 fully saturated rings. The second-order valence-electron chi connectivity index (χ2n) is 3.37. The average Bonchev–Trinajstić information content (AvgIpc) is 2.39. The van der Waals surface area contributed by atoms with Crippen LogP contribution in [-0.2, 0) is 0 Å². The zero-order chi connectivity index (χ0) is 12.3. The summed E-state index contributed by atoms with van der Waals surface area (Å²) in [5.41, 5.74) is 1.40. The molecule has 0 bridgehead atoms. The Morgan fingerprint density at radius 2 is 2.00 bits per heavy atom. The number of nitro groups is 1. The number of rotatable bonds is 3. The molecule has 1 heterocycles. The van der Waals surface area contributed by atoms with Gasteiger partial charge >= 0.3 is 0 Å². The van der Waals surface area contributed by atoms with Gasteiger partial charge in [-0.05, 0) is 5.56 Å². The third-order valence-corrected chi connectivity index (χ3v) is 2.33. The van der Waals surface area contributed by atoms with E-state index in [4.69, 9.17) is 4.74 Å². The molecule has 5 nitrogen and oxygen atoms in total. The van der Waals surface area contributed by atoms with Gasteiger partial charge in [-0.25, -0.2) is 4.98 Å². The van der Waals surface area contributed by atoms with E-state index in [2.05, 4.69) is 4.98 Å². The Balaban J connectivity index is 2.58. The van der Waals surface area contributed by atoms with E-state index in [9.17, 15) is 10.1 Å². The molecule has 17 heavy (non-hydrogen) atoms. The molecule has 2 rings (SSSR count). The summed E-state index contributed by atoms with van der Waals surface area (Å²) < 4.78 is 5.10. The van der Waals surface area contributed by atoms with Gasteiger partial charge < -0.3 is 4.74 Å². The summed E-state index contributed by atoms with van der Waals surface area (Å²) >= 11 is 0. The molecule has 0 radical (unpaired) electrons. The summed E-state index contributed by atoms with van der Waals surface area (Å²) in [7, 11) is 1.49. The van der Waals surface area contributed by atoms with Gasteiger partial charge in [-0.15, -0.1) is 0 Å². The van der Waals surface area contributed by atoms with E-state index in [0.29, 0.717) is 11.4 Å². The van der Waals surface area contributed by atoms with Crippen LogP contribution in [-0.4, -0.2) is 17.0 Å². The molecule has 0 unspecified atom stereocenters. The highest BCUT2D eigenvalue weighted by Crippen LogP contribution is 2.30. The molecule has 0 spiro atoms. The monoisotopic (exact) mass is 230 g/mol. The van der Waals surface area contributed by atoms with E-state index in [1.165, 1.54) is 19.4 Å². The van der Waals surface area contributed by atoms with Gasteiger partial charge in [0.15, 0.2) is 0 Å². The minimum Gasteiger partial charge on any atom is -0.481 e. The van der Waals surface area contributed by atoms with E-state index >= 15 is 0 Å². The molecule has 0 N–H and O–H groups in total. The number of nitrogens with zero attached hydrogens (tertiary/aromatic N) is 2. The fraction of sp³-hybridized carbons (Fsp3) is 0.0833. The Kier molecular flexibility index (Phi) is 3.00. The van der Waals surface area contributed by atoms with Crippen LogP contribution in [0.5, 0.6) is 5.88 Å². The van der Waals surface area contributed by atoms with Gasteiger partial charge in [0.05, 0.1) is 17.6 Å². The first-order chi connectivity index (χ1) is 8.22. The third kappa shape index (κ3) is 2.23. The SMILES string of the molecule is COc1ncc([N+](=O)[O-])cc1-c1ccccc1. The van der Waals surface area contributed by atoms with Gasteiger partial charge in [0.1, 0.15) is 6.20 Å². The highest BCUT2D eigenvalue weighted by Gasteiger charge is 2.13. The molecular weight excluding hydrogens is 220 g/mol. The van der Waals surface area contributed by atoms with Crippen LogP contribution >= 0.6 is 0 Å². The van der Waals surface area contributed by atoms with Gasteiger partial charge in [-0.3, -0.25) is 10.1 Å². The predicted octanol–water partition coefficient (Wildman–Crippen LogP) is 2.67. The highest BCUT2D eigenvalue weighted by molar-refractivity contribution is 5.70. The maximum Gasteiger partial charge on any atom is 0.288 e. The second-order valence-corrected chi connectivity index (χ2v) is 3.37. The van der Waals surface area contributed by atoms with Gasteiger partial charge in [0.25, 0.3) is 5.69 Å². The van der Waals surface area contributed by atoms with Gasteiger partial charge in [-0.2, -0.15) is 0 Å². The smallest absolute Gasteiger partial charge is 0.288 e. The zero-order valence-electron chi connectivity index (χ0n) is 9.16. The number of hydrogen-bond donors (Lipinski definition) is 0. The van der Waals surface area contributed by atoms with Crippen molar-refractivity contribution in [2.45, 2.75) is 0 Å². The van der Waals surface area contributed by atoms with E-state index in [-0.39, 0.29) is 5.69 Å². The molecule has 2 aromatic rings. The zero-order valence-corrected chi connectivity index (χ0v) is 9.16. The van der Waals surface area contributed by atoms with Crippen LogP contribution in [0, 0.1) is 10.1 Å². The normalized spacial score (nSPS) is 9.94. The van der Waals surface area contributed by atoms with Crippen molar-refractivity contribution in [3.8, 4) is 17.0 Å². The molecule has 1 aromatic carbocycles. The number of pyridine rings is 1. The van der Waals surface area contributed by atoms with Crippen LogP contribution in [0.1, 0.15) is 0 Å². The largest absolute Gasteiger partial charge is 0.481 e. The fourth-order valence-corrected chi connectivity index (χ4v) is 1.53. The Hall–Kier alpha value is -2.43. The first-order valence-electron chi connectivity index (χ1n) is 4.96. The van der Waals surface area contributed by atoms with Crippen LogP contribution in [0.4, 0.5) is 5.69 Å². The molecule has 0 atom stereocenters. The van der Waals surface area contributed by atoms with Crippen molar-refractivity contribution in [3.05, 3.63) is 52.7 Å². The summed E-state index contributed by atoms with van der Waals surface area (Å²) in [5, 5.41) is 10.7. The summed E-state index contributed by atoms with van der Waals surface area (Å²) in [5.74, 6) is 0.377. The molecule has 86 valence electrons. The maximum atomic E-state index is 10.7. The lowest BCUT2D eigenvalue weighted by atomic mass is 10.1. The van der Waals surface area contributed by atoms with Crippen LogP contribution in [0.2, 0.25) is 0 Å². The van der Waals surface area contributed by atoms with Gasteiger partial charge in [-0.1, -0.05) is 30.3 Å². The molecule has 0 aliphatic heterocycles. The topological polar surface area (TPSA) is 65.3 Å². The minimum absolute atomic E-state index is 0.0512. The Morgan fingerprint density at radius 1 is 1.29 bits per heavy atom. The predicted molar refractivity (Wildman–Crippen MR) is 62.9 cm³/mol. The molecule has 0 saturated heterocycles. The van der Waals surface area contributed by atoms with E-state index in [0.717, 1.165) is 5.56 Å². The number of ether oxygens (including phenoxy) is 1. The third-order valence-electron chi connectivity index (χ3n) is 2.33. The molecule has 5 heteroatoms. The van der Waals surface area contributed by atoms with Crippen molar-refractivity contribution in [3.63, 3.8) is 0 Å². The molecular formula is C12H10N2O3. The minimum atomic E-state index is -0.473. The molecule has 0 saturated carbocycles. The Bertz CT molecular complexity index is 541. The van der Waals surface area contributed by atoms with Gasteiger partial charge in [0.2, 0.25) is 5.88 Å². The van der Waals surface area contributed by atoms with Crippen molar-refractivity contribution < 1.29 is 9.66 Å². The molecule has 0 aliphatic rings. The van der Waals surface area contributed by atoms with E-state index in [1.54, 1.807) is 0 Å². The second kappa shape index (κ2) is 4.61. The lowest BCUT2D eigenvalue weighted by Gasteiger charge is -2.06. The van der Waals surface area contributed by atoms with E-state index < -0.39 is 4.92 Å². The fourth-order valence-electron chi connectivity index (χ4n) is 1.53. The van der Waals surface area contributed by atoms with Crippen molar-refractivity contribution >= 4 is 5.69 Å². The van der Waals surface area contributed by atoms with Gasteiger partial charge in [0, 0.05) is 6.07 Å². The van der Waals surface area contributed by atoms with Crippen molar-refractivity contribution in [1.82, 2.24) is 4.98 Å². The Morgan fingerprint density at radius 3 is 2.59 bits per heavy atom. The van der Waals surface area contributed by atoms with Crippen LogP contribution in [0.25, 0.3) is 11.1 Å². The average molecular weight is 230 g/mol. The number of aromatic nitrogens is 1. The lowest BCUT2D eigenvalue weighted by molar-refractivity contribution is -0.385. The summed E-state index contributed by atoms with van der Waals surface area (Å²) in [6.45, 7) is 0. The quantitative estimate of drug-likeness (QED) is 0.600. The standard InChI is InChI=1S/C12H10N2O3/c1-17-12-11(9-5-3-2-4-6-9)7-10(8-13-12)14(15)16/h2-8H,1H3. The highest BCUT2D eigenvalue weighted by atomic mass is 16.6. The van der Waals surface area contributed by atoms with Crippen molar-refractivity contribution in [2.75, 3.05) is 7.11 Å². The number of benzene rings is 1. The van der Waals surface area contributed by atoms with Crippen LogP contribution < -0.4 is 4.74 Å². The molecule has 1 aromatic heterocycles. The maximum absolute atomic E-state index is 10.7. The summed E-state index contributed by atoms with van der Waals surface area (Å²) in [6, 6.07) is 10.7. The molecule has 0 amide bonds. The van der Waals surface area contributed by atoms with E-state index in [1.807, 2.05) is 30.3 Å². The Labute approximate surface area is 97.8 Å². The number of methoxy groups -OCH3 is 1. The number of hydrogen-bond acceptors (Lipinski definition) is 4.